The van der Waals surface area contributed by atoms with Crippen LogP contribution < -0.4 is 9.47 Å². The number of Topliss-reactive ketones (excluding diaryl/α,β-unsaturated/α-hetero) is 1. The number of carbonyl (C=O) groups is 2. The van der Waals surface area contributed by atoms with E-state index < -0.39 is 17.7 Å². The molecule has 1 atom stereocenters. The zero-order chi connectivity index (χ0) is 24.1. The lowest BCUT2D eigenvalue weighted by atomic mass is 9.94. The predicted octanol–water partition coefficient (Wildman–Crippen LogP) is 4.11. The molecule has 1 fully saturated rings. The van der Waals surface area contributed by atoms with E-state index in [1.165, 1.54) is 19.1 Å². The first-order chi connectivity index (χ1) is 15.8. The Kier molecular flexibility index (Phi) is 7.76. The van der Waals surface area contributed by atoms with Gasteiger partial charge in [0.05, 0.1) is 31.9 Å². The Labute approximate surface area is 194 Å². The van der Waals surface area contributed by atoms with Crippen molar-refractivity contribution in [2.24, 2.45) is 5.92 Å². The minimum absolute atomic E-state index is 0.0239. The molecule has 1 unspecified atom stereocenters. The second kappa shape index (κ2) is 10.5. The largest absolute Gasteiger partial charge is 0.507 e. The average molecular weight is 454 g/mol. The predicted molar refractivity (Wildman–Crippen MR) is 125 cm³/mol. The number of rotatable bonds is 9. The van der Waals surface area contributed by atoms with Crippen LogP contribution in [-0.4, -0.2) is 55.7 Å². The minimum Gasteiger partial charge on any atom is -0.507 e. The number of methoxy groups -OCH3 is 2. The number of carbonyl (C=O) groups excluding carboxylic acids is 2. The molecule has 1 N–H and O–H groups in total. The fourth-order valence-electron chi connectivity index (χ4n) is 3.89. The third-order valence-corrected chi connectivity index (χ3v) is 5.53. The van der Waals surface area contributed by atoms with Crippen LogP contribution in [0.15, 0.2) is 48.0 Å². The van der Waals surface area contributed by atoms with Crippen LogP contribution in [0.5, 0.6) is 11.5 Å². The lowest BCUT2D eigenvalue weighted by Crippen LogP contribution is -2.32. The standard InChI is InChI=1S/C26H31NO6/c1-16(2)15-33-20-11-10-18(14-17(20)3)24(28)22-23(19-8-6-7-9-21(19)32-5)27(12-13-31-4)26(30)25(22)29/h6-11,14,16,23,28H,12-13,15H2,1-5H3/b24-22+. The fraction of sp³-hybridized carbons (Fsp3) is 0.385. The molecule has 0 spiro atoms. The van der Waals surface area contributed by atoms with E-state index in [1.807, 2.05) is 13.0 Å². The van der Waals surface area contributed by atoms with Gasteiger partial charge >= 0.3 is 0 Å². The minimum atomic E-state index is -0.798. The van der Waals surface area contributed by atoms with Gasteiger partial charge in [0.2, 0.25) is 0 Å². The summed E-state index contributed by atoms with van der Waals surface area (Å²) in [6.07, 6.45) is 0. The third kappa shape index (κ3) is 5.03. The van der Waals surface area contributed by atoms with E-state index in [1.54, 1.807) is 36.4 Å². The van der Waals surface area contributed by atoms with Gasteiger partial charge in [0, 0.05) is 24.8 Å². The van der Waals surface area contributed by atoms with Gasteiger partial charge in [-0.2, -0.15) is 0 Å². The zero-order valence-electron chi connectivity index (χ0n) is 19.8. The Hall–Kier alpha value is -3.32. The van der Waals surface area contributed by atoms with Gasteiger partial charge in [-0.3, -0.25) is 9.59 Å². The van der Waals surface area contributed by atoms with Crippen molar-refractivity contribution in [1.29, 1.82) is 0 Å². The maximum absolute atomic E-state index is 13.1. The highest BCUT2D eigenvalue weighted by molar-refractivity contribution is 6.46. The monoisotopic (exact) mass is 453 g/mol. The first kappa shape index (κ1) is 24.3. The molecule has 1 aliphatic rings. The molecule has 0 aliphatic carbocycles. The molecule has 1 amide bonds. The normalized spacial score (nSPS) is 17.6. The van der Waals surface area contributed by atoms with Gasteiger partial charge in [-0.15, -0.1) is 0 Å². The van der Waals surface area contributed by atoms with Gasteiger partial charge < -0.3 is 24.2 Å². The average Bonchev–Trinajstić information content (AvgIpc) is 3.05. The van der Waals surface area contributed by atoms with Crippen molar-refractivity contribution >= 4 is 17.4 Å². The number of hydrogen-bond donors (Lipinski definition) is 1. The Bertz CT molecular complexity index is 1060. The number of nitrogens with zero attached hydrogens (tertiary/aromatic N) is 1. The van der Waals surface area contributed by atoms with Crippen LogP contribution in [0.4, 0.5) is 0 Å². The molecule has 1 heterocycles. The molecule has 0 saturated carbocycles. The van der Waals surface area contributed by atoms with E-state index in [0.29, 0.717) is 35.2 Å². The number of para-hydroxylation sites is 1. The third-order valence-electron chi connectivity index (χ3n) is 5.53. The molecule has 176 valence electrons. The lowest BCUT2D eigenvalue weighted by molar-refractivity contribution is -0.140. The van der Waals surface area contributed by atoms with E-state index in [0.717, 1.165) is 5.56 Å². The summed E-state index contributed by atoms with van der Waals surface area (Å²) in [4.78, 5) is 27.4. The zero-order valence-corrected chi connectivity index (χ0v) is 19.8. The molecular formula is C26H31NO6. The second-order valence-corrected chi connectivity index (χ2v) is 8.41. The van der Waals surface area contributed by atoms with Crippen molar-refractivity contribution < 1.29 is 28.9 Å². The molecule has 0 aromatic heterocycles. The maximum Gasteiger partial charge on any atom is 0.295 e. The SMILES string of the molecule is COCCN1C(=O)C(=O)/C(=C(/O)c2ccc(OCC(C)C)c(C)c2)C1c1ccccc1OC. The van der Waals surface area contributed by atoms with E-state index in [2.05, 4.69) is 13.8 Å². The van der Waals surface area contributed by atoms with Crippen molar-refractivity contribution in [1.82, 2.24) is 4.90 Å². The number of benzene rings is 2. The summed E-state index contributed by atoms with van der Waals surface area (Å²) in [7, 11) is 3.06. The molecule has 0 radical (unpaired) electrons. The van der Waals surface area contributed by atoms with Crippen LogP contribution >= 0.6 is 0 Å². The van der Waals surface area contributed by atoms with Crippen LogP contribution in [0.3, 0.4) is 0 Å². The smallest absolute Gasteiger partial charge is 0.295 e. The lowest BCUT2D eigenvalue weighted by Gasteiger charge is -2.26. The van der Waals surface area contributed by atoms with Crippen LogP contribution in [0.1, 0.15) is 36.6 Å². The second-order valence-electron chi connectivity index (χ2n) is 8.41. The number of hydrogen-bond acceptors (Lipinski definition) is 6. The first-order valence-corrected chi connectivity index (χ1v) is 10.9. The topological polar surface area (TPSA) is 85.3 Å². The Morgan fingerprint density at radius 3 is 2.45 bits per heavy atom. The molecular weight excluding hydrogens is 422 g/mol. The van der Waals surface area contributed by atoms with Gasteiger partial charge in [0.15, 0.2) is 0 Å². The van der Waals surface area contributed by atoms with Crippen LogP contribution in [-0.2, 0) is 14.3 Å². The number of amides is 1. The number of aliphatic hydroxyl groups excluding tert-OH is 1. The van der Waals surface area contributed by atoms with E-state index in [9.17, 15) is 14.7 Å². The number of likely N-dealkylation sites (tertiary alicyclic amines) is 1. The highest BCUT2D eigenvalue weighted by Crippen LogP contribution is 2.42. The Morgan fingerprint density at radius 2 is 1.82 bits per heavy atom. The van der Waals surface area contributed by atoms with Crippen LogP contribution in [0, 0.1) is 12.8 Å². The van der Waals surface area contributed by atoms with Gasteiger partial charge in [-0.1, -0.05) is 32.0 Å². The number of aliphatic hydroxyl groups is 1. The molecule has 0 bridgehead atoms. The van der Waals surface area contributed by atoms with Crippen LogP contribution in [0.25, 0.3) is 5.76 Å². The summed E-state index contributed by atoms with van der Waals surface area (Å²) >= 11 is 0. The Morgan fingerprint density at radius 1 is 1.09 bits per heavy atom. The summed E-state index contributed by atoms with van der Waals surface area (Å²) in [5.74, 6) is -0.0482. The van der Waals surface area contributed by atoms with Crippen molar-refractivity contribution in [2.75, 3.05) is 34.0 Å². The van der Waals surface area contributed by atoms with E-state index in [4.69, 9.17) is 14.2 Å². The van der Waals surface area contributed by atoms with Crippen molar-refractivity contribution in [3.05, 3.63) is 64.7 Å². The summed E-state index contributed by atoms with van der Waals surface area (Å²) in [5, 5.41) is 11.2. The van der Waals surface area contributed by atoms with Crippen molar-refractivity contribution in [3.8, 4) is 11.5 Å². The number of ketones is 1. The number of aryl methyl sites for hydroxylation is 1. The molecule has 7 heteroatoms. The summed E-state index contributed by atoms with van der Waals surface area (Å²) in [6, 6.07) is 11.6. The van der Waals surface area contributed by atoms with Gasteiger partial charge in [0.1, 0.15) is 17.3 Å². The molecule has 7 nitrogen and oxygen atoms in total. The molecule has 1 aliphatic heterocycles. The molecule has 2 aromatic rings. The highest BCUT2D eigenvalue weighted by Gasteiger charge is 2.46. The van der Waals surface area contributed by atoms with Gasteiger partial charge in [0.25, 0.3) is 11.7 Å². The molecule has 3 rings (SSSR count). The van der Waals surface area contributed by atoms with Gasteiger partial charge in [-0.05, 0) is 42.7 Å². The first-order valence-electron chi connectivity index (χ1n) is 10.9. The summed E-state index contributed by atoms with van der Waals surface area (Å²) in [5.41, 5.74) is 1.90. The fourth-order valence-corrected chi connectivity index (χ4v) is 3.89. The maximum atomic E-state index is 13.1. The Balaban J connectivity index is 2.11. The summed E-state index contributed by atoms with van der Waals surface area (Å²) in [6.45, 7) is 7.03. The van der Waals surface area contributed by atoms with E-state index >= 15 is 0 Å². The molecule has 2 aromatic carbocycles. The van der Waals surface area contributed by atoms with E-state index in [-0.39, 0.29) is 24.5 Å². The van der Waals surface area contributed by atoms with Crippen molar-refractivity contribution in [2.45, 2.75) is 26.8 Å². The number of ether oxygens (including phenoxy) is 3. The summed E-state index contributed by atoms with van der Waals surface area (Å²) < 4.78 is 16.5. The molecule has 33 heavy (non-hydrogen) atoms. The van der Waals surface area contributed by atoms with Crippen molar-refractivity contribution in [3.63, 3.8) is 0 Å². The molecule has 1 saturated heterocycles. The van der Waals surface area contributed by atoms with Crippen LogP contribution in [0.2, 0.25) is 0 Å². The quantitative estimate of drug-likeness (QED) is 0.349. The van der Waals surface area contributed by atoms with Gasteiger partial charge in [-0.25, -0.2) is 0 Å². The highest BCUT2D eigenvalue weighted by atomic mass is 16.5.